The molecule has 0 aromatic rings. The van der Waals surface area contributed by atoms with Gasteiger partial charge in [-0.25, -0.2) is 4.79 Å². The molecule has 7 nitrogen and oxygen atoms in total. The minimum Gasteiger partial charge on any atom is -0.481 e. The maximum absolute atomic E-state index is 11.9. The normalized spacial score (nSPS) is 10.7. The smallest absolute Gasteiger partial charge is 0.325 e. The van der Waals surface area contributed by atoms with Crippen molar-refractivity contribution in [3.05, 3.63) is 0 Å². The molecule has 110 valence electrons. The maximum Gasteiger partial charge on any atom is 0.325 e. The van der Waals surface area contributed by atoms with Crippen molar-refractivity contribution < 1.29 is 24.2 Å². The zero-order valence-corrected chi connectivity index (χ0v) is 11.9. The van der Waals surface area contributed by atoms with Crippen LogP contribution in [0.25, 0.3) is 0 Å². The number of rotatable bonds is 7. The molecule has 0 rings (SSSR count). The number of carboxylic acids is 1. The molecule has 0 heterocycles. The topological polar surface area (TPSA) is 95.9 Å². The van der Waals surface area contributed by atoms with Gasteiger partial charge >= 0.3 is 18.0 Å². The molecule has 0 unspecified atom stereocenters. The van der Waals surface area contributed by atoms with Gasteiger partial charge in [-0.2, -0.15) is 0 Å². The fourth-order valence-electron chi connectivity index (χ4n) is 1.40. The fraction of sp³-hybridized carbons (Fsp3) is 0.750. The van der Waals surface area contributed by atoms with Crippen LogP contribution in [0.4, 0.5) is 4.79 Å². The van der Waals surface area contributed by atoms with Crippen LogP contribution < -0.4 is 5.32 Å². The Morgan fingerprint density at radius 2 is 1.89 bits per heavy atom. The first-order chi connectivity index (χ1) is 8.71. The number of carbonyl (C=O) groups is 3. The van der Waals surface area contributed by atoms with Gasteiger partial charge in [0.15, 0.2) is 0 Å². The standard InChI is InChI=1S/C12H22N2O5/c1-5-14(8-10(17)19-4)11(18)13-12(2,3)7-6-9(15)16/h5-8H2,1-4H3,(H,13,18)(H,15,16). The predicted octanol–water partition coefficient (Wildman–Crippen LogP) is 0.834. The highest BCUT2D eigenvalue weighted by atomic mass is 16.5. The maximum atomic E-state index is 11.9. The van der Waals surface area contributed by atoms with Crippen molar-refractivity contribution >= 4 is 18.0 Å². The Kier molecular flexibility index (Phi) is 6.89. The van der Waals surface area contributed by atoms with E-state index in [1.54, 1.807) is 20.8 Å². The number of nitrogens with one attached hydrogen (secondary N) is 1. The third-order valence-corrected chi connectivity index (χ3v) is 2.63. The number of hydrogen-bond acceptors (Lipinski definition) is 4. The van der Waals surface area contributed by atoms with Gasteiger partial charge in [0.25, 0.3) is 0 Å². The number of carboxylic acid groups (broad SMARTS) is 1. The molecular formula is C12H22N2O5. The van der Waals surface area contributed by atoms with Gasteiger partial charge in [-0.3, -0.25) is 9.59 Å². The van der Waals surface area contributed by atoms with Crippen molar-refractivity contribution in [2.75, 3.05) is 20.2 Å². The number of aliphatic carboxylic acids is 1. The third-order valence-electron chi connectivity index (χ3n) is 2.63. The lowest BCUT2D eigenvalue weighted by atomic mass is 9.99. The van der Waals surface area contributed by atoms with E-state index in [-0.39, 0.29) is 13.0 Å². The van der Waals surface area contributed by atoms with Crippen LogP contribution in [0.1, 0.15) is 33.6 Å². The molecule has 2 amide bonds. The van der Waals surface area contributed by atoms with Crippen molar-refractivity contribution in [2.45, 2.75) is 39.2 Å². The first-order valence-corrected chi connectivity index (χ1v) is 6.07. The van der Waals surface area contributed by atoms with Crippen LogP contribution >= 0.6 is 0 Å². The van der Waals surface area contributed by atoms with Gasteiger partial charge in [0.1, 0.15) is 6.54 Å². The molecule has 0 aromatic heterocycles. The summed E-state index contributed by atoms with van der Waals surface area (Å²) in [7, 11) is 1.25. The van der Waals surface area contributed by atoms with Gasteiger partial charge in [-0.15, -0.1) is 0 Å². The van der Waals surface area contributed by atoms with Crippen LogP contribution in [0, 0.1) is 0 Å². The largest absolute Gasteiger partial charge is 0.481 e. The lowest BCUT2D eigenvalue weighted by Gasteiger charge is -2.29. The number of carbonyl (C=O) groups excluding carboxylic acids is 2. The van der Waals surface area contributed by atoms with Crippen LogP contribution in [-0.2, 0) is 14.3 Å². The number of methoxy groups -OCH3 is 1. The summed E-state index contributed by atoms with van der Waals surface area (Å²) in [5, 5.41) is 11.3. The van der Waals surface area contributed by atoms with Crippen LogP contribution in [0.15, 0.2) is 0 Å². The van der Waals surface area contributed by atoms with Crippen molar-refractivity contribution in [1.82, 2.24) is 10.2 Å². The molecule has 0 fully saturated rings. The third kappa shape index (κ3) is 7.28. The van der Waals surface area contributed by atoms with Gasteiger partial charge in [-0.1, -0.05) is 0 Å². The summed E-state index contributed by atoms with van der Waals surface area (Å²) in [5.41, 5.74) is -0.654. The van der Waals surface area contributed by atoms with Gasteiger partial charge in [0.05, 0.1) is 7.11 Å². The number of esters is 1. The Hall–Kier alpha value is -1.79. The van der Waals surface area contributed by atoms with Crippen LogP contribution in [-0.4, -0.2) is 53.7 Å². The molecule has 0 saturated carbocycles. The molecule has 0 spiro atoms. The lowest BCUT2D eigenvalue weighted by molar-refractivity contribution is -0.141. The summed E-state index contributed by atoms with van der Waals surface area (Å²) in [6.45, 7) is 5.44. The van der Waals surface area contributed by atoms with Crippen LogP contribution in [0.2, 0.25) is 0 Å². The zero-order valence-electron chi connectivity index (χ0n) is 11.9. The second-order valence-electron chi connectivity index (χ2n) is 4.80. The number of ether oxygens (including phenoxy) is 1. The minimum atomic E-state index is -0.913. The molecule has 19 heavy (non-hydrogen) atoms. The van der Waals surface area contributed by atoms with Crippen molar-refractivity contribution in [1.29, 1.82) is 0 Å². The second-order valence-corrected chi connectivity index (χ2v) is 4.80. The molecule has 2 N–H and O–H groups in total. The summed E-state index contributed by atoms with van der Waals surface area (Å²) in [4.78, 5) is 34.9. The number of hydrogen-bond donors (Lipinski definition) is 2. The van der Waals surface area contributed by atoms with Gasteiger partial charge < -0.3 is 20.1 Å². The Morgan fingerprint density at radius 1 is 1.32 bits per heavy atom. The average Bonchev–Trinajstić information content (AvgIpc) is 2.32. The van der Waals surface area contributed by atoms with E-state index in [9.17, 15) is 14.4 Å². The van der Waals surface area contributed by atoms with Gasteiger partial charge in [0, 0.05) is 18.5 Å². The highest BCUT2D eigenvalue weighted by molar-refractivity contribution is 5.81. The first-order valence-electron chi connectivity index (χ1n) is 6.07. The molecule has 0 aromatic carbocycles. The van der Waals surface area contributed by atoms with E-state index in [0.29, 0.717) is 13.0 Å². The summed E-state index contributed by atoms with van der Waals surface area (Å²) in [6, 6.07) is -0.414. The van der Waals surface area contributed by atoms with Crippen LogP contribution in [0.3, 0.4) is 0 Å². The molecule has 0 radical (unpaired) electrons. The van der Waals surface area contributed by atoms with Crippen molar-refractivity contribution in [2.24, 2.45) is 0 Å². The summed E-state index contributed by atoms with van der Waals surface area (Å²) >= 11 is 0. The number of urea groups is 1. The molecule has 0 bridgehead atoms. The van der Waals surface area contributed by atoms with E-state index >= 15 is 0 Å². The highest BCUT2D eigenvalue weighted by Gasteiger charge is 2.25. The van der Waals surface area contributed by atoms with Crippen molar-refractivity contribution in [3.8, 4) is 0 Å². The Bertz CT molecular complexity index is 341. The van der Waals surface area contributed by atoms with Crippen molar-refractivity contribution in [3.63, 3.8) is 0 Å². The molecule has 0 aliphatic heterocycles. The quantitative estimate of drug-likeness (QED) is 0.670. The average molecular weight is 274 g/mol. The highest BCUT2D eigenvalue weighted by Crippen LogP contribution is 2.12. The second kappa shape index (κ2) is 7.60. The first kappa shape index (κ1) is 17.2. The Balaban J connectivity index is 4.45. The monoisotopic (exact) mass is 274 g/mol. The molecule has 0 saturated heterocycles. The van der Waals surface area contributed by atoms with E-state index in [4.69, 9.17) is 5.11 Å². The minimum absolute atomic E-state index is 0.0313. The fourth-order valence-corrected chi connectivity index (χ4v) is 1.40. The predicted molar refractivity (Wildman–Crippen MR) is 68.7 cm³/mol. The molecule has 0 atom stereocenters. The summed E-state index contributed by atoms with van der Waals surface area (Å²) in [6.07, 6.45) is 0.278. The van der Waals surface area contributed by atoms with E-state index in [2.05, 4.69) is 10.1 Å². The summed E-state index contributed by atoms with van der Waals surface area (Å²) in [5.74, 6) is -1.41. The van der Waals surface area contributed by atoms with E-state index in [1.807, 2.05) is 0 Å². The van der Waals surface area contributed by atoms with Crippen LogP contribution in [0.5, 0.6) is 0 Å². The molecule has 7 heteroatoms. The lowest BCUT2D eigenvalue weighted by Crippen LogP contribution is -2.51. The number of likely N-dealkylation sites (N-methyl/N-ethyl adjacent to an activating group) is 1. The Labute approximate surface area is 112 Å². The van der Waals surface area contributed by atoms with E-state index < -0.39 is 23.5 Å². The zero-order chi connectivity index (χ0) is 15.1. The molecule has 0 aliphatic rings. The SMILES string of the molecule is CCN(CC(=O)OC)C(=O)NC(C)(C)CCC(=O)O. The number of nitrogens with zero attached hydrogens (tertiary/aromatic N) is 1. The number of amides is 2. The van der Waals surface area contributed by atoms with E-state index in [1.165, 1.54) is 12.0 Å². The Morgan fingerprint density at radius 3 is 2.32 bits per heavy atom. The molecular weight excluding hydrogens is 252 g/mol. The van der Waals surface area contributed by atoms with E-state index in [0.717, 1.165) is 0 Å². The summed E-state index contributed by atoms with van der Waals surface area (Å²) < 4.78 is 4.50. The molecule has 0 aliphatic carbocycles. The van der Waals surface area contributed by atoms with Gasteiger partial charge in [-0.05, 0) is 27.2 Å². The van der Waals surface area contributed by atoms with Gasteiger partial charge in [0.2, 0.25) is 0 Å².